The second kappa shape index (κ2) is 6.22. The van der Waals surface area contributed by atoms with E-state index < -0.39 is 12.0 Å². The standard InChI is InChI=1S/C18H17F2N3OS/c1-2-13-3-4-16(25-13)11-5-15-18(21-6-11)14(20)9-22(15)10-17(24)23-7-12(19)8-23/h3-6,9,12H,2,7-8,10H2,1H3. The second-order valence-corrected chi connectivity index (χ2v) is 7.38. The zero-order valence-electron chi connectivity index (χ0n) is 13.7. The topological polar surface area (TPSA) is 38.1 Å². The van der Waals surface area contributed by atoms with E-state index >= 15 is 0 Å². The van der Waals surface area contributed by atoms with Crippen molar-refractivity contribution in [2.45, 2.75) is 26.1 Å². The van der Waals surface area contributed by atoms with Gasteiger partial charge in [-0.1, -0.05) is 6.92 Å². The van der Waals surface area contributed by atoms with Crippen molar-refractivity contribution in [1.82, 2.24) is 14.5 Å². The van der Waals surface area contributed by atoms with Crippen molar-refractivity contribution in [3.8, 4) is 10.4 Å². The Labute approximate surface area is 147 Å². The van der Waals surface area contributed by atoms with Crippen LogP contribution in [0.15, 0.2) is 30.6 Å². The van der Waals surface area contributed by atoms with Crippen LogP contribution < -0.4 is 0 Å². The minimum absolute atomic E-state index is 0.0110. The molecule has 0 unspecified atom stereocenters. The van der Waals surface area contributed by atoms with Crippen LogP contribution >= 0.6 is 11.3 Å². The van der Waals surface area contributed by atoms with E-state index in [2.05, 4.69) is 18.0 Å². The Morgan fingerprint density at radius 3 is 2.88 bits per heavy atom. The molecule has 0 N–H and O–H groups in total. The van der Waals surface area contributed by atoms with Gasteiger partial charge in [-0.25, -0.2) is 8.78 Å². The molecule has 0 bridgehead atoms. The summed E-state index contributed by atoms with van der Waals surface area (Å²) >= 11 is 1.68. The zero-order chi connectivity index (χ0) is 17.6. The minimum Gasteiger partial charge on any atom is -0.335 e. The van der Waals surface area contributed by atoms with Crippen molar-refractivity contribution in [2.75, 3.05) is 13.1 Å². The van der Waals surface area contributed by atoms with E-state index in [0.717, 1.165) is 16.9 Å². The predicted octanol–water partition coefficient (Wildman–Crippen LogP) is 3.65. The third-order valence-electron chi connectivity index (χ3n) is 4.46. The molecule has 25 heavy (non-hydrogen) atoms. The molecule has 3 aromatic heterocycles. The molecule has 3 aromatic rings. The number of hydrogen-bond donors (Lipinski definition) is 0. The van der Waals surface area contributed by atoms with Crippen LogP contribution in [0.25, 0.3) is 21.5 Å². The van der Waals surface area contributed by atoms with Crippen molar-refractivity contribution < 1.29 is 13.6 Å². The van der Waals surface area contributed by atoms with Crippen molar-refractivity contribution in [2.24, 2.45) is 0 Å². The van der Waals surface area contributed by atoms with Crippen LogP contribution in [0.3, 0.4) is 0 Å². The first kappa shape index (κ1) is 16.2. The fourth-order valence-electron chi connectivity index (χ4n) is 2.99. The number of fused-ring (bicyclic) bond motifs is 1. The number of carbonyl (C=O) groups is 1. The molecule has 1 aliphatic rings. The van der Waals surface area contributed by atoms with Gasteiger partial charge in [0.25, 0.3) is 0 Å². The molecule has 0 aromatic carbocycles. The van der Waals surface area contributed by atoms with Crippen molar-refractivity contribution in [3.63, 3.8) is 0 Å². The van der Waals surface area contributed by atoms with Gasteiger partial charge >= 0.3 is 0 Å². The number of aryl methyl sites for hydroxylation is 1. The van der Waals surface area contributed by atoms with E-state index in [1.54, 1.807) is 22.1 Å². The molecule has 1 saturated heterocycles. The van der Waals surface area contributed by atoms with Gasteiger partial charge in [0.05, 0.1) is 18.6 Å². The molecule has 7 heteroatoms. The van der Waals surface area contributed by atoms with E-state index in [0.29, 0.717) is 5.52 Å². The van der Waals surface area contributed by atoms with E-state index in [9.17, 15) is 13.6 Å². The monoisotopic (exact) mass is 361 g/mol. The number of alkyl halides is 1. The van der Waals surface area contributed by atoms with Gasteiger partial charge in [0.1, 0.15) is 18.2 Å². The molecule has 4 nitrogen and oxygen atoms in total. The maximum Gasteiger partial charge on any atom is 0.242 e. The third kappa shape index (κ3) is 2.93. The summed E-state index contributed by atoms with van der Waals surface area (Å²) in [7, 11) is 0. The van der Waals surface area contributed by atoms with Gasteiger partial charge in [0.15, 0.2) is 5.82 Å². The summed E-state index contributed by atoms with van der Waals surface area (Å²) in [4.78, 5) is 20.2. The number of likely N-dealkylation sites (tertiary alicyclic amines) is 1. The fourth-order valence-corrected chi connectivity index (χ4v) is 3.91. The van der Waals surface area contributed by atoms with Gasteiger partial charge in [0, 0.05) is 27.7 Å². The highest BCUT2D eigenvalue weighted by Gasteiger charge is 2.30. The van der Waals surface area contributed by atoms with Crippen LogP contribution in [0, 0.1) is 5.82 Å². The first-order valence-corrected chi connectivity index (χ1v) is 9.02. The molecule has 130 valence electrons. The molecule has 1 aliphatic heterocycles. The lowest BCUT2D eigenvalue weighted by Gasteiger charge is -2.34. The van der Waals surface area contributed by atoms with Gasteiger partial charge in [0.2, 0.25) is 5.91 Å². The van der Waals surface area contributed by atoms with E-state index in [4.69, 9.17) is 0 Å². The molecule has 0 spiro atoms. The smallest absolute Gasteiger partial charge is 0.242 e. The van der Waals surface area contributed by atoms with Crippen LogP contribution in [-0.2, 0) is 17.8 Å². The molecule has 1 fully saturated rings. The third-order valence-corrected chi connectivity index (χ3v) is 5.74. The molecular weight excluding hydrogens is 344 g/mol. The summed E-state index contributed by atoms with van der Waals surface area (Å²) < 4.78 is 28.6. The largest absolute Gasteiger partial charge is 0.335 e. The summed E-state index contributed by atoms with van der Waals surface area (Å²) in [6.07, 6.45) is 2.97. The normalized spacial score (nSPS) is 14.9. The Bertz CT molecular complexity index is 943. The molecule has 0 saturated carbocycles. The summed E-state index contributed by atoms with van der Waals surface area (Å²) in [6.45, 7) is 2.34. The van der Waals surface area contributed by atoms with E-state index in [1.165, 1.54) is 16.0 Å². The van der Waals surface area contributed by atoms with Gasteiger partial charge in [-0.3, -0.25) is 9.78 Å². The first-order chi connectivity index (χ1) is 12.0. The van der Waals surface area contributed by atoms with Crippen LogP contribution in [-0.4, -0.2) is 39.6 Å². The number of thiophene rings is 1. The number of nitrogens with zero attached hydrogens (tertiary/aromatic N) is 3. The van der Waals surface area contributed by atoms with Crippen molar-refractivity contribution >= 4 is 28.3 Å². The van der Waals surface area contributed by atoms with Crippen LogP contribution in [0.2, 0.25) is 0 Å². The number of pyridine rings is 1. The number of halogens is 2. The van der Waals surface area contributed by atoms with Crippen LogP contribution in [0.4, 0.5) is 8.78 Å². The Kier molecular flexibility index (Phi) is 4.03. The van der Waals surface area contributed by atoms with Gasteiger partial charge < -0.3 is 9.47 Å². The quantitative estimate of drug-likeness (QED) is 0.711. The van der Waals surface area contributed by atoms with Gasteiger partial charge in [-0.15, -0.1) is 11.3 Å². The SMILES string of the molecule is CCc1ccc(-c2cnc3c(F)cn(CC(=O)N4CC(F)C4)c3c2)s1. The zero-order valence-corrected chi connectivity index (χ0v) is 14.5. The molecule has 0 radical (unpaired) electrons. The first-order valence-electron chi connectivity index (χ1n) is 8.20. The lowest BCUT2D eigenvalue weighted by molar-refractivity contribution is -0.138. The molecule has 4 heterocycles. The molecule has 0 aliphatic carbocycles. The number of carbonyl (C=O) groups excluding carboxylic acids is 1. The number of hydrogen-bond acceptors (Lipinski definition) is 3. The number of aromatic nitrogens is 2. The highest BCUT2D eigenvalue weighted by Crippen LogP contribution is 2.31. The Hall–Kier alpha value is -2.28. The summed E-state index contributed by atoms with van der Waals surface area (Å²) in [6, 6.07) is 5.96. The summed E-state index contributed by atoms with van der Waals surface area (Å²) in [5, 5.41) is 0. The molecule has 4 rings (SSSR count). The Morgan fingerprint density at radius 1 is 1.40 bits per heavy atom. The maximum atomic E-state index is 14.1. The minimum atomic E-state index is -0.943. The highest BCUT2D eigenvalue weighted by molar-refractivity contribution is 7.15. The molecule has 0 atom stereocenters. The Balaban J connectivity index is 1.67. The van der Waals surface area contributed by atoms with Gasteiger partial charge in [-0.05, 0) is 24.6 Å². The number of amides is 1. The van der Waals surface area contributed by atoms with Crippen LogP contribution in [0.5, 0.6) is 0 Å². The molecule has 1 amide bonds. The maximum absolute atomic E-state index is 14.1. The lowest BCUT2D eigenvalue weighted by atomic mass is 10.2. The van der Waals surface area contributed by atoms with Crippen LogP contribution in [0.1, 0.15) is 11.8 Å². The lowest BCUT2D eigenvalue weighted by Crippen LogP contribution is -2.52. The van der Waals surface area contributed by atoms with E-state index in [-0.39, 0.29) is 31.1 Å². The average molecular weight is 361 g/mol. The molecular formula is C18H17F2N3OS. The fraction of sp³-hybridized carbons (Fsp3) is 0.333. The average Bonchev–Trinajstić information content (AvgIpc) is 3.17. The summed E-state index contributed by atoms with van der Waals surface area (Å²) in [5.74, 6) is -0.664. The Morgan fingerprint density at radius 2 is 2.20 bits per heavy atom. The summed E-state index contributed by atoms with van der Waals surface area (Å²) in [5.41, 5.74) is 1.72. The highest BCUT2D eigenvalue weighted by atomic mass is 32.1. The predicted molar refractivity (Wildman–Crippen MR) is 93.9 cm³/mol. The number of rotatable bonds is 4. The van der Waals surface area contributed by atoms with E-state index in [1.807, 2.05) is 12.1 Å². The van der Waals surface area contributed by atoms with Gasteiger partial charge in [-0.2, -0.15) is 0 Å². The van der Waals surface area contributed by atoms with Crippen molar-refractivity contribution in [1.29, 1.82) is 0 Å². The second-order valence-electron chi connectivity index (χ2n) is 6.21. The van der Waals surface area contributed by atoms with Crippen molar-refractivity contribution in [3.05, 3.63) is 41.3 Å².